The lowest BCUT2D eigenvalue weighted by Gasteiger charge is -2.27. The van der Waals surface area contributed by atoms with Gasteiger partial charge >= 0.3 is 5.97 Å². The maximum absolute atomic E-state index is 13.3. The third-order valence-electron chi connectivity index (χ3n) is 5.88. The van der Waals surface area contributed by atoms with Gasteiger partial charge in [0.15, 0.2) is 11.8 Å². The SMILES string of the molecule is CC[C@]1(C(=O)OC)[NH2+][C@@H](c2ccco2)[C@H]2C(=O)N(c3ccc(F)cc3)C(=O)[C@H]21. The molecule has 7 nitrogen and oxygen atoms in total. The zero-order valence-corrected chi connectivity index (χ0v) is 15.4. The Balaban J connectivity index is 1.84. The molecule has 8 heteroatoms. The zero-order valence-electron chi connectivity index (χ0n) is 15.4. The topological polar surface area (TPSA) is 93.4 Å². The first kappa shape index (κ1) is 18.4. The summed E-state index contributed by atoms with van der Waals surface area (Å²) in [5.41, 5.74) is -0.961. The molecule has 4 atom stereocenters. The minimum atomic E-state index is -1.24. The molecule has 0 bridgehead atoms. The number of methoxy groups -OCH3 is 1. The predicted molar refractivity (Wildman–Crippen MR) is 94.3 cm³/mol. The Morgan fingerprint density at radius 3 is 2.54 bits per heavy atom. The molecule has 2 fully saturated rings. The number of ether oxygens (including phenoxy) is 1. The van der Waals surface area contributed by atoms with Gasteiger partial charge in [0.1, 0.15) is 17.7 Å². The quantitative estimate of drug-likeness (QED) is 0.628. The van der Waals surface area contributed by atoms with Crippen LogP contribution in [0.4, 0.5) is 10.1 Å². The fourth-order valence-corrected chi connectivity index (χ4v) is 4.57. The van der Waals surface area contributed by atoms with Crippen molar-refractivity contribution >= 4 is 23.5 Å². The number of carbonyl (C=O) groups is 3. The molecule has 2 aromatic rings. The van der Waals surface area contributed by atoms with Gasteiger partial charge in [0.05, 0.1) is 19.1 Å². The highest BCUT2D eigenvalue weighted by atomic mass is 19.1. The summed E-state index contributed by atoms with van der Waals surface area (Å²) >= 11 is 0. The number of carbonyl (C=O) groups excluding carboxylic acids is 3. The standard InChI is InChI=1S/C20H19FN2O5/c1-3-20(19(26)27-2)15-14(16(22-20)13-5-4-10-28-13)17(24)23(18(15)25)12-8-6-11(21)7-9-12/h4-10,14-16,22H,3H2,1-2H3/p+1/t14-,15-,16-,20-/m0/s1. The molecule has 28 heavy (non-hydrogen) atoms. The summed E-state index contributed by atoms with van der Waals surface area (Å²) in [6.45, 7) is 1.79. The van der Waals surface area contributed by atoms with Gasteiger partial charge in [-0.05, 0) is 36.4 Å². The number of nitrogens with zero attached hydrogens (tertiary/aromatic N) is 1. The van der Waals surface area contributed by atoms with E-state index < -0.39 is 47.0 Å². The predicted octanol–water partition coefficient (Wildman–Crippen LogP) is 1.16. The van der Waals surface area contributed by atoms with Crippen LogP contribution in [-0.2, 0) is 19.1 Å². The number of esters is 1. The van der Waals surface area contributed by atoms with Gasteiger partial charge in [-0.25, -0.2) is 14.1 Å². The molecule has 4 rings (SSSR count). The Kier molecular flexibility index (Phi) is 4.30. The van der Waals surface area contributed by atoms with E-state index in [4.69, 9.17) is 9.15 Å². The van der Waals surface area contributed by atoms with Crippen molar-refractivity contribution in [1.29, 1.82) is 0 Å². The monoisotopic (exact) mass is 387 g/mol. The van der Waals surface area contributed by atoms with E-state index in [0.717, 1.165) is 4.90 Å². The van der Waals surface area contributed by atoms with Crippen LogP contribution in [0.15, 0.2) is 47.1 Å². The van der Waals surface area contributed by atoms with Crippen molar-refractivity contribution in [3.05, 3.63) is 54.2 Å². The summed E-state index contributed by atoms with van der Waals surface area (Å²) < 4.78 is 23.8. The van der Waals surface area contributed by atoms with E-state index in [2.05, 4.69) is 0 Å². The third kappa shape index (κ3) is 2.41. The number of fused-ring (bicyclic) bond motifs is 1. The first-order valence-electron chi connectivity index (χ1n) is 9.06. The summed E-state index contributed by atoms with van der Waals surface area (Å²) in [5, 5.41) is 1.73. The molecule has 2 aliphatic heterocycles. The molecule has 0 radical (unpaired) electrons. The number of benzene rings is 1. The molecule has 0 unspecified atom stereocenters. The second-order valence-electron chi connectivity index (χ2n) is 7.09. The van der Waals surface area contributed by atoms with Gasteiger partial charge < -0.3 is 14.5 Å². The summed E-state index contributed by atoms with van der Waals surface area (Å²) in [4.78, 5) is 40.4. The number of furan rings is 1. The number of imide groups is 1. The van der Waals surface area contributed by atoms with Crippen LogP contribution in [0.25, 0.3) is 0 Å². The maximum atomic E-state index is 13.3. The molecule has 2 amide bonds. The lowest BCUT2D eigenvalue weighted by atomic mass is 9.78. The minimum absolute atomic E-state index is 0.277. The zero-order chi connectivity index (χ0) is 20.1. The van der Waals surface area contributed by atoms with Crippen LogP contribution in [0.1, 0.15) is 25.1 Å². The molecule has 0 saturated carbocycles. The number of nitrogens with two attached hydrogens (primary N) is 1. The van der Waals surface area contributed by atoms with Crippen molar-refractivity contribution < 1.29 is 33.2 Å². The highest BCUT2D eigenvalue weighted by molar-refractivity contribution is 6.23. The highest BCUT2D eigenvalue weighted by Gasteiger charge is 2.72. The van der Waals surface area contributed by atoms with Crippen LogP contribution >= 0.6 is 0 Å². The van der Waals surface area contributed by atoms with Gasteiger partial charge in [-0.3, -0.25) is 9.59 Å². The van der Waals surface area contributed by atoms with Crippen molar-refractivity contribution in [2.75, 3.05) is 12.0 Å². The van der Waals surface area contributed by atoms with Gasteiger partial charge in [0.2, 0.25) is 17.4 Å². The lowest BCUT2D eigenvalue weighted by Crippen LogP contribution is -2.98. The molecular weight excluding hydrogens is 367 g/mol. The van der Waals surface area contributed by atoms with Crippen LogP contribution in [-0.4, -0.2) is 30.4 Å². The smallest absolute Gasteiger partial charge is 0.368 e. The van der Waals surface area contributed by atoms with Crippen molar-refractivity contribution in [3.8, 4) is 0 Å². The van der Waals surface area contributed by atoms with Gasteiger partial charge in [-0.1, -0.05) is 6.92 Å². The molecule has 0 aliphatic carbocycles. The number of hydrogen-bond acceptors (Lipinski definition) is 5. The van der Waals surface area contributed by atoms with Crippen molar-refractivity contribution in [2.24, 2.45) is 11.8 Å². The fraction of sp³-hybridized carbons (Fsp3) is 0.350. The van der Waals surface area contributed by atoms with E-state index in [9.17, 15) is 18.8 Å². The number of hydrogen-bond donors (Lipinski definition) is 1. The summed E-state index contributed by atoms with van der Waals surface area (Å²) in [6.07, 6.45) is 1.79. The second-order valence-corrected chi connectivity index (χ2v) is 7.09. The molecule has 0 spiro atoms. The Morgan fingerprint density at radius 2 is 1.96 bits per heavy atom. The van der Waals surface area contributed by atoms with E-state index >= 15 is 0 Å². The van der Waals surface area contributed by atoms with Crippen LogP contribution in [0, 0.1) is 17.7 Å². The van der Waals surface area contributed by atoms with Crippen LogP contribution in [0.2, 0.25) is 0 Å². The third-order valence-corrected chi connectivity index (χ3v) is 5.88. The number of halogens is 1. The molecule has 2 N–H and O–H groups in total. The first-order valence-corrected chi connectivity index (χ1v) is 9.06. The van der Waals surface area contributed by atoms with Gasteiger partial charge in [0.25, 0.3) is 0 Å². The van der Waals surface area contributed by atoms with Gasteiger partial charge in [0, 0.05) is 6.42 Å². The first-order chi connectivity index (χ1) is 13.4. The molecular formula is C20H20FN2O5+. The molecule has 1 aromatic heterocycles. The van der Waals surface area contributed by atoms with Crippen LogP contribution in [0.3, 0.4) is 0 Å². The van der Waals surface area contributed by atoms with E-state index in [0.29, 0.717) is 12.2 Å². The Morgan fingerprint density at radius 1 is 1.25 bits per heavy atom. The second kappa shape index (κ2) is 6.56. The largest absolute Gasteiger partial charge is 0.464 e. The number of amides is 2. The normalized spacial score (nSPS) is 29.2. The molecule has 146 valence electrons. The molecule has 2 aliphatic rings. The lowest BCUT2D eigenvalue weighted by molar-refractivity contribution is -0.735. The highest BCUT2D eigenvalue weighted by Crippen LogP contribution is 2.46. The van der Waals surface area contributed by atoms with Crippen molar-refractivity contribution in [3.63, 3.8) is 0 Å². The summed E-state index contributed by atoms with van der Waals surface area (Å²) in [5.74, 6) is -3.13. The van der Waals surface area contributed by atoms with E-state index in [1.54, 1.807) is 24.4 Å². The molecule has 3 heterocycles. The number of rotatable bonds is 4. The summed E-state index contributed by atoms with van der Waals surface area (Å²) in [7, 11) is 1.27. The van der Waals surface area contributed by atoms with E-state index in [1.165, 1.54) is 37.6 Å². The van der Waals surface area contributed by atoms with Crippen molar-refractivity contribution in [1.82, 2.24) is 0 Å². The average Bonchev–Trinajstić information content (AvgIpc) is 3.39. The Labute approximate surface area is 160 Å². The Hall–Kier alpha value is -3.00. The summed E-state index contributed by atoms with van der Waals surface area (Å²) in [6, 6.07) is 8.01. The van der Waals surface area contributed by atoms with Gasteiger partial charge in [-0.2, -0.15) is 0 Å². The molecule has 1 aromatic carbocycles. The average molecular weight is 387 g/mol. The van der Waals surface area contributed by atoms with Crippen LogP contribution in [0.5, 0.6) is 0 Å². The maximum Gasteiger partial charge on any atom is 0.368 e. The van der Waals surface area contributed by atoms with Gasteiger partial charge in [-0.15, -0.1) is 0 Å². The number of anilines is 1. The van der Waals surface area contributed by atoms with Crippen molar-refractivity contribution in [2.45, 2.75) is 24.9 Å². The number of quaternary nitrogens is 1. The fourth-order valence-electron chi connectivity index (χ4n) is 4.57. The minimum Gasteiger partial charge on any atom is -0.464 e. The van der Waals surface area contributed by atoms with Crippen LogP contribution < -0.4 is 10.2 Å². The molecule has 2 saturated heterocycles. The Bertz CT molecular complexity index is 927. The van der Waals surface area contributed by atoms with E-state index in [-0.39, 0.29) is 5.69 Å². The van der Waals surface area contributed by atoms with E-state index in [1.807, 2.05) is 0 Å².